The van der Waals surface area contributed by atoms with Crippen LogP contribution in [0.4, 0.5) is 0 Å². The van der Waals surface area contributed by atoms with Crippen LogP contribution in [0.1, 0.15) is 51.0 Å². The normalized spacial score (nSPS) is 19.1. The van der Waals surface area contributed by atoms with Crippen molar-refractivity contribution in [2.45, 2.75) is 63.5 Å². The fourth-order valence-electron chi connectivity index (χ4n) is 3.00. The fourth-order valence-corrected chi connectivity index (χ4v) is 3.00. The van der Waals surface area contributed by atoms with Gasteiger partial charge in [0.25, 0.3) is 0 Å². The van der Waals surface area contributed by atoms with E-state index in [2.05, 4.69) is 5.32 Å². The second-order valence-corrected chi connectivity index (χ2v) is 6.28. The number of aryl methyl sites for hydroxylation is 1. The van der Waals surface area contributed by atoms with Gasteiger partial charge in [-0.05, 0) is 50.3 Å². The Bertz CT molecular complexity index is 465. The third-order valence-electron chi connectivity index (χ3n) is 4.45. The van der Waals surface area contributed by atoms with Gasteiger partial charge in [-0.25, -0.2) is 0 Å². The molecule has 4 heteroatoms. The van der Waals surface area contributed by atoms with Gasteiger partial charge in [0.05, 0.1) is 0 Å². The first-order valence-electron chi connectivity index (χ1n) is 7.78. The molecular formula is C17H25NO3. The van der Waals surface area contributed by atoms with Gasteiger partial charge in [0, 0.05) is 6.04 Å². The van der Waals surface area contributed by atoms with E-state index in [0.717, 1.165) is 18.4 Å². The van der Waals surface area contributed by atoms with Crippen LogP contribution in [0.25, 0.3) is 0 Å². The molecule has 1 saturated carbocycles. The number of hydrogen-bond donors (Lipinski definition) is 3. The summed E-state index contributed by atoms with van der Waals surface area (Å²) in [5.41, 5.74) is 0.158. The molecular weight excluding hydrogens is 266 g/mol. The maximum Gasteiger partial charge on any atom is 0.323 e. The standard InChI is InChI=1S/C17H25NO3/c1-17(16(20)21,18-14-5-3-2-4-6-14)12-11-13-7-9-15(19)10-8-13/h7-10,14,18-19H,2-6,11-12H2,1H3,(H,20,21). The highest BCUT2D eigenvalue weighted by molar-refractivity contribution is 5.78. The Hall–Kier alpha value is -1.55. The zero-order chi connectivity index (χ0) is 15.3. The molecule has 0 radical (unpaired) electrons. The van der Waals surface area contributed by atoms with Crippen molar-refractivity contribution in [2.75, 3.05) is 0 Å². The fraction of sp³-hybridized carbons (Fsp3) is 0.588. The summed E-state index contributed by atoms with van der Waals surface area (Å²) < 4.78 is 0. The van der Waals surface area contributed by atoms with Gasteiger partial charge in [-0.15, -0.1) is 0 Å². The van der Waals surface area contributed by atoms with Crippen molar-refractivity contribution >= 4 is 5.97 Å². The minimum absolute atomic E-state index is 0.236. The molecule has 1 atom stereocenters. The molecule has 4 nitrogen and oxygen atoms in total. The highest BCUT2D eigenvalue weighted by Gasteiger charge is 2.35. The lowest BCUT2D eigenvalue weighted by molar-refractivity contribution is -0.145. The zero-order valence-electron chi connectivity index (χ0n) is 12.6. The van der Waals surface area contributed by atoms with E-state index < -0.39 is 11.5 Å². The summed E-state index contributed by atoms with van der Waals surface area (Å²) in [4.78, 5) is 11.7. The lowest BCUT2D eigenvalue weighted by Crippen LogP contribution is -2.54. The molecule has 116 valence electrons. The van der Waals surface area contributed by atoms with Crippen LogP contribution in [-0.4, -0.2) is 27.8 Å². The minimum atomic E-state index is -0.889. The largest absolute Gasteiger partial charge is 0.508 e. The summed E-state index contributed by atoms with van der Waals surface area (Å²) in [6.07, 6.45) is 7.00. The lowest BCUT2D eigenvalue weighted by atomic mass is 9.88. The number of benzene rings is 1. The average Bonchev–Trinajstić information content (AvgIpc) is 2.47. The number of aliphatic carboxylic acids is 1. The van der Waals surface area contributed by atoms with Gasteiger partial charge in [0.15, 0.2) is 0 Å². The summed E-state index contributed by atoms with van der Waals surface area (Å²) >= 11 is 0. The molecule has 2 rings (SSSR count). The van der Waals surface area contributed by atoms with Gasteiger partial charge < -0.3 is 10.2 Å². The molecule has 0 saturated heterocycles. The maximum atomic E-state index is 11.7. The van der Waals surface area contributed by atoms with Crippen LogP contribution >= 0.6 is 0 Å². The molecule has 1 aliphatic carbocycles. The van der Waals surface area contributed by atoms with Crippen molar-refractivity contribution in [3.63, 3.8) is 0 Å². The first-order valence-corrected chi connectivity index (χ1v) is 7.78. The number of phenolic OH excluding ortho intramolecular Hbond substituents is 1. The number of nitrogens with one attached hydrogen (secondary N) is 1. The summed E-state index contributed by atoms with van der Waals surface area (Å²) in [7, 11) is 0. The average molecular weight is 291 g/mol. The highest BCUT2D eigenvalue weighted by Crippen LogP contribution is 2.23. The van der Waals surface area contributed by atoms with Crippen molar-refractivity contribution in [3.8, 4) is 5.75 Å². The van der Waals surface area contributed by atoms with Crippen LogP contribution in [0.2, 0.25) is 0 Å². The van der Waals surface area contributed by atoms with Crippen molar-refractivity contribution < 1.29 is 15.0 Å². The Labute approximate surface area is 126 Å². The summed E-state index contributed by atoms with van der Waals surface area (Å²) in [6.45, 7) is 1.78. The number of carboxylic acids is 1. The van der Waals surface area contributed by atoms with Crippen LogP contribution in [0.5, 0.6) is 5.75 Å². The van der Waals surface area contributed by atoms with Crippen molar-refractivity contribution in [1.29, 1.82) is 0 Å². The van der Waals surface area contributed by atoms with Gasteiger partial charge in [-0.2, -0.15) is 0 Å². The SMILES string of the molecule is CC(CCc1ccc(O)cc1)(NC1CCCCC1)C(=O)O. The number of hydrogen-bond acceptors (Lipinski definition) is 3. The Balaban J connectivity index is 1.96. The molecule has 1 aliphatic rings. The van der Waals surface area contributed by atoms with Gasteiger partial charge in [-0.1, -0.05) is 31.4 Å². The highest BCUT2D eigenvalue weighted by atomic mass is 16.4. The van der Waals surface area contributed by atoms with Crippen molar-refractivity contribution in [1.82, 2.24) is 5.32 Å². The van der Waals surface area contributed by atoms with E-state index in [0.29, 0.717) is 18.9 Å². The second kappa shape index (κ2) is 6.94. The molecule has 0 aromatic heterocycles. The number of carbonyl (C=O) groups is 1. The predicted molar refractivity (Wildman–Crippen MR) is 82.5 cm³/mol. The molecule has 3 N–H and O–H groups in total. The lowest BCUT2D eigenvalue weighted by Gasteiger charge is -2.33. The van der Waals surface area contributed by atoms with E-state index >= 15 is 0 Å². The Morgan fingerprint density at radius 3 is 2.43 bits per heavy atom. The topological polar surface area (TPSA) is 69.6 Å². The smallest absolute Gasteiger partial charge is 0.323 e. The molecule has 1 fully saturated rings. The van der Waals surface area contributed by atoms with E-state index in [4.69, 9.17) is 0 Å². The molecule has 0 spiro atoms. The number of carboxylic acid groups (broad SMARTS) is 1. The van der Waals surface area contributed by atoms with E-state index in [1.807, 2.05) is 12.1 Å². The summed E-state index contributed by atoms with van der Waals surface area (Å²) in [5, 5.41) is 22.2. The second-order valence-electron chi connectivity index (χ2n) is 6.28. The quantitative estimate of drug-likeness (QED) is 0.753. The predicted octanol–water partition coefficient (Wildman–Crippen LogP) is 3.09. The maximum absolute atomic E-state index is 11.7. The first kappa shape index (κ1) is 15.8. The molecule has 1 aromatic carbocycles. The molecule has 0 amide bonds. The van der Waals surface area contributed by atoms with Crippen molar-refractivity contribution in [3.05, 3.63) is 29.8 Å². The minimum Gasteiger partial charge on any atom is -0.508 e. The zero-order valence-corrected chi connectivity index (χ0v) is 12.6. The van der Waals surface area contributed by atoms with E-state index in [9.17, 15) is 15.0 Å². The monoisotopic (exact) mass is 291 g/mol. The van der Waals surface area contributed by atoms with E-state index in [1.54, 1.807) is 19.1 Å². The van der Waals surface area contributed by atoms with Gasteiger partial charge >= 0.3 is 5.97 Å². The van der Waals surface area contributed by atoms with Crippen molar-refractivity contribution in [2.24, 2.45) is 0 Å². The van der Waals surface area contributed by atoms with Crippen LogP contribution in [-0.2, 0) is 11.2 Å². The molecule has 1 unspecified atom stereocenters. The van der Waals surface area contributed by atoms with Crippen LogP contribution < -0.4 is 5.32 Å². The molecule has 21 heavy (non-hydrogen) atoms. The Morgan fingerprint density at radius 2 is 1.86 bits per heavy atom. The molecule has 0 aliphatic heterocycles. The van der Waals surface area contributed by atoms with Crippen LogP contribution in [0.3, 0.4) is 0 Å². The van der Waals surface area contributed by atoms with Gasteiger partial charge in [-0.3, -0.25) is 10.1 Å². The Kier molecular flexibility index (Phi) is 5.23. The van der Waals surface area contributed by atoms with Crippen LogP contribution in [0.15, 0.2) is 24.3 Å². The van der Waals surface area contributed by atoms with Gasteiger partial charge in [0.2, 0.25) is 0 Å². The summed E-state index contributed by atoms with van der Waals surface area (Å²) in [6, 6.07) is 7.29. The number of rotatable bonds is 6. The Morgan fingerprint density at radius 1 is 1.24 bits per heavy atom. The first-order chi connectivity index (χ1) is 9.99. The molecule has 1 aromatic rings. The van der Waals surface area contributed by atoms with E-state index in [-0.39, 0.29) is 5.75 Å². The third kappa shape index (κ3) is 4.46. The number of aromatic hydroxyl groups is 1. The van der Waals surface area contributed by atoms with Gasteiger partial charge in [0.1, 0.15) is 11.3 Å². The summed E-state index contributed by atoms with van der Waals surface area (Å²) in [5.74, 6) is -0.549. The third-order valence-corrected chi connectivity index (χ3v) is 4.45. The number of phenols is 1. The van der Waals surface area contributed by atoms with E-state index in [1.165, 1.54) is 19.3 Å². The molecule has 0 heterocycles. The molecule has 0 bridgehead atoms. The van der Waals surface area contributed by atoms with Crippen LogP contribution in [0, 0.1) is 0 Å².